The average molecular weight is 140 g/mol. The van der Waals surface area contributed by atoms with Crippen LogP contribution in [0.15, 0.2) is 0 Å². The van der Waals surface area contributed by atoms with E-state index in [1.807, 2.05) is 27.7 Å². The first-order valence-corrected chi connectivity index (χ1v) is 3.71. The zero-order valence-electron chi connectivity index (χ0n) is 6.37. The first-order chi connectivity index (χ1) is 3.91. The molecule has 0 atom stereocenters. The normalized spacial score (nSPS) is 5.25. The number of alkyl halides is 1. The van der Waals surface area contributed by atoms with Crippen molar-refractivity contribution in [1.82, 2.24) is 0 Å². The number of hydrogen-bond donors (Lipinski definition) is 1. The zero-order valence-corrected chi connectivity index (χ0v) is 7.13. The molecule has 54 valence electrons. The summed E-state index contributed by atoms with van der Waals surface area (Å²) in [5.41, 5.74) is 4.90. The minimum Gasteiger partial charge on any atom is -0.329 e. The molecule has 0 saturated carbocycles. The van der Waals surface area contributed by atoms with Crippen LogP contribution in [0, 0.1) is 0 Å². The summed E-state index contributed by atoms with van der Waals surface area (Å²) in [6.45, 7) is 8.58. The van der Waals surface area contributed by atoms with Gasteiger partial charge in [0.05, 0.1) is 0 Å². The fraction of sp³-hybridized carbons (Fsp3) is 1.00. The van der Waals surface area contributed by atoms with Crippen LogP contribution in [-0.4, -0.2) is 12.4 Å². The lowest BCUT2D eigenvalue weighted by Gasteiger charge is -1.68. The smallest absolute Gasteiger partial charge is 0.0346 e. The van der Waals surface area contributed by atoms with Crippen LogP contribution in [0.4, 0.5) is 0 Å². The Kier molecular flexibility index (Phi) is 110. The van der Waals surface area contributed by atoms with Crippen LogP contribution in [0.2, 0.25) is 0 Å². The molecule has 2 heteroatoms. The molecule has 0 aliphatic heterocycles. The predicted molar refractivity (Wildman–Crippen MR) is 42.5 cm³/mol. The van der Waals surface area contributed by atoms with Crippen molar-refractivity contribution < 1.29 is 0 Å². The van der Waals surface area contributed by atoms with E-state index in [2.05, 4.69) is 0 Å². The molecule has 2 N–H and O–H groups in total. The maximum absolute atomic E-state index is 5.06. The molecule has 0 rings (SSSR count). The van der Waals surface area contributed by atoms with Crippen molar-refractivity contribution in [2.45, 2.75) is 27.7 Å². The minimum atomic E-state index is 0.569. The third-order valence-corrected chi connectivity index (χ3v) is 0.327. The summed E-state index contributed by atoms with van der Waals surface area (Å²) in [5, 5.41) is 0. The van der Waals surface area contributed by atoms with E-state index in [0.29, 0.717) is 12.4 Å². The first kappa shape index (κ1) is 15.7. The van der Waals surface area contributed by atoms with Crippen molar-refractivity contribution in [2.24, 2.45) is 5.73 Å². The van der Waals surface area contributed by atoms with E-state index in [-0.39, 0.29) is 0 Å². The van der Waals surface area contributed by atoms with Gasteiger partial charge in [-0.1, -0.05) is 27.7 Å². The third kappa shape index (κ3) is 110. The molecule has 0 amide bonds. The fourth-order valence-electron chi connectivity index (χ4n) is 0. The van der Waals surface area contributed by atoms with E-state index in [9.17, 15) is 0 Å². The van der Waals surface area contributed by atoms with Gasteiger partial charge in [-0.15, -0.1) is 11.6 Å². The molecule has 0 aliphatic carbocycles. The van der Waals surface area contributed by atoms with Crippen LogP contribution in [0.3, 0.4) is 0 Å². The van der Waals surface area contributed by atoms with Gasteiger partial charge >= 0.3 is 0 Å². The molecule has 0 aliphatic rings. The van der Waals surface area contributed by atoms with Crippen LogP contribution < -0.4 is 5.73 Å². The maximum Gasteiger partial charge on any atom is 0.0346 e. The molecule has 0 aromatic rings. The first-order valence-electron chi connectivity index (χ1n) is 3.18. The summed E-state index contributed by atoms with van der Waals surface area (Å²) >= 11 is 5.06. The standard InChI is InChI=1S/C2H6ClN.2C2H6/c3-1-2-4;2*1-2/h1-2,4H2;2*1-2H3. The predicted octanol–water partition coefficient (Wildman–Crippen LogP) is 2.24. The highest BCUT2D eigenvalue weighted by Gasteiger charge is 1.58. The molecular formula is C6H18ClN. The van der Waals surface area contributed by atoms with Gasteiger partial charge in [-0.05, 0) is 0 Å². The molecule has 0 spiro atoms. The molecule has 0 heterocycles. The topological polar surface area (TPSA) is 26.0 Å². The molecule has 8 heavy (non-hydrogen) atoms. The van der Waals surface area contributed by atoms with Gasteiger partial charge in [0.2, 0.25) is 0 Å². The third-order valence-electron chi connectivity index (χ3n) is 0.109. The maximum atomic E-state index is 5.06. The highest BCUT2D eigenvalue weighted by molar-refractivity contribution is 6.18. The number of hydrogen-bond acceptors (Lipinski definition) is 1. The summed E-state index contributed by atoms with van der Waals surface area (Å²) in [5.74, 6) is 0.569. The number of rotatable bonds is 1. The SMILES string of the molecule is CC.CC.NCCCl. The van der Waals surface area contributed by atoms with Gasteiger partial charge in [0, 0.05) is 12.4 Å². The molecular weight excluding hydrogens is 122 g/mol. The van der Waals surface area contributed by atoms with Gasteiger partial charge in [-0.25, -0.2) is 0 Å². The lowest BCUT2D eigenvalue weighted by molar-refractivity contribution is 1.14. The molecule has 0 aromatic heterocycles. The fourth-order valence-corrected chi connectivity index (χ4v) is 0. The summed E-state index contributed by atoms with van der Waals surface area (Å²) in [4.78, 5) is 0. The Morgan fingerprint density at radius 3 is 1.25 bits per heavy atom. The van der Waals surface area contributed by atoms with Gasteiger partial charge in [0.15, 0.2) is 0 Å². The highest BCUT2D eigenvalue weighted by atomic mass is 35.5. The van der Waals surface area contributed by atoms with E-state index in [1.54, 1.807) is 0 Å². The van der Waals surface area contributed by atoms with Crippen LogP contribution in [0.5, 0.6) is 0 Å². The van der Waals surface area contributed by atoms with E-state index in [0.717, 1.165) is 0 Å². The van der Waals surface area contributed by atoms with Gasteiger partial charge in [-0.2, -0.15) is 0 Å². The Morgan fingerprint density at radius 1 is 1.12 bits per heavy atom. The van der Waals surface area contributed by atoms with Gasteiger partial charge in [0.25, 0.3) is 0 Å². The van der Waals surface area contributed by atoms with Crippen molar-refractivity contribution in [2.75, 3.05) is 12.4 Å². The number of halogens is 1. The highest BCUT2D eigenvalue weighted by Crippen LogP contribution is 1.60. The second kappa shape index (κ2) is 55.9. The summed E-state index contributed by atoms with van der Waals surface area (Å²) in [6, 6.07) is 0. The Labute approximate surface area is 58.2 Å². The van der Waals surface area contributed by atoms with Crippen LogP contribution in [0.25, 0.3) is 0 Å². The molecule has 0 radical (unpaired) electrons. The molecule has 0 bridgehead atoms. The Hall–Kier alpha value is 0.250. The van der Waals surface area contributed by atoms with E-state index < -0.39 is 0 Å². The van der Waals surface area contributed by atoms with E-state index in [1.165, 1.54) is 0 Å². The lowest BCUT2D eigenvalue weighted by Crippen LogP contribution is -1.97. The Bertz CT molecular complexity index is 10.5. The van der Waals surface area contributed by atoms with Crippen LogP contribution in [0.1, 0.15) is 27.7 Å². The van der Waals surface area contributed by atoms with Crippen molar-refractivity contribution >= 4 is 11.6 Å². The van der Waals surface area contributed by atoms with E-state index in [4.69, 9.17) is 17.3 Å². The van der Waals surface area contributed by atoms with Crippen molar-refractivity contribution in [1.29, 1.82) is 0 Å². The molecule has 0 saturated heterocycles. The quantitative estimate of drug-likeness (QED) is 0.554. The minimum absolute atomic E-state index is 0.569. The second-order valence-electron chi connectivity index (χ2n) is 0.478. The van der Waals surface area contributed by atoms with Crippen molar-refractivity contribution in [3.8, 4) is 0 Å². The largest absolute Gasteiger partial charge is 0.329 e. The molecule has 0 aromatic carbocycles. The summed E-state index contributed by atoms with van der Waals surface area (Å²) in [6.07, 6.45) is 0. The van der Waals surface area contributed by atoms with Gasteiger partial charge in [-0.3, -0.25) is 0 Å². The van der Waals surface area contributed by atoms with Crippen LogP contribution in [-0.2, 0) is 0 Å². The summed E-state index contributed by atoms with van der Waals surface area (Å²) < 4.78 is 0. The van der Waals surface area contributed by atoms with Crippen LogP contribution >= 0.6 is 11.6 Å². The molecule has 1 nitrogen and oxygen atoms in total. The van der Waals surface area contributed by atoms with Gasteiger partial charge in [0.1, 0.15) is 0 Å². The van der Waals surface area contributed by atoms with Crippen molar-refractivity contribution in [3.05, 3.63) is 0 Å². The Balaban J connectivity index is -0.0000000542. The average Bonchev–Trinajstić information content (AvgIpc) is 1.96. The number of nitrogens with two attached hydrogens (primary N) is 1. The molecule has 0 unspecified atom stereocenters. The molecule has 0 fully saturated rings. The summed E-state index contributed by atoms with van der Waals surface area (Å²) in [7, 11) is 0. The zero-order chi connectivity index (χ0) is 7.41. The van der Waals surface area contributed by atoms with Gasteiger partial charge < -0.3 is 5.73 Å². The van der Waals surface area contributed by atoms with E-state index >= 15 is 0 Å². The Morgan fingerprint density at radius 2 is 1.25 bits per heavy atom. The van der Waals surface area contributed by atoms with Crippen molar-refractivity contribution in [3.63, 3.8) is 0 Å². The second-order valence-corrected chi connectivity index (χ2v) is 0.856. The monoisotopic (exact) mass is 139 g/mol. The lowest BCUT2D eigenvalue weighted by atomic mass is 10.8.